The van der Waals surface area contributed by atoms with Crippen LogP contribution in [0.5, 0.6) is 5.75 Å². The fraction of sp³-hybridized carbons (Fsp3) is 0.538. The van der Waals surface area contributed by atoms with Gasteiger partial charge in [0.2, 0.25) is 10.0 Å². The normalized spacial score (nSPS) is 18.5. The van der Waals surface area contributed by atoms with E-state index in [-0.39, 0.29) is 10.6 Å². The Bertz CT molecular complexity index is 551. The van der Waals surface area contributed by atoms with Crippen LogP contribution in [0, 0.1) is 11.7 Å². The number of benzene rings is 1. The monoisotopic (exact) mass is 287 g/mol. The lowest BCUT2D eigenvalue weighted by Crippen LogP contribution is -2.37. The minimum absolute atomic E-state index is 0.0496. The number of piperidine rings is 1. The first-order chi connectivity index (χ1) is 8.95. The van der Waals surface area contributed by atoms with Crippen LogP contribution in [-0.4, -0.2) is 32.9 Å². The molecule has 0 unspecified atom stereocenters. The maximum absolute atomic E-state index is 13.3. The summed E-state index contributed by atoms with van der Waals surface area (Å²) in [6.07, 6.45) is 1.72. The van der Waals surface area contributed by atoms with E-state index < -0.39 is 15.8 Å². The number of nitrogens with zero attached hydrogens (tertiary/aromatic N) is 1. The van der Waals surface area contributed by atoms with Gasteiger partial charge in [-0.3, -0.25) is 0 Å². The Morgan fingerprint density at radius 1 is 1.32 bits per heavy atom. The zero-order valence-electron chi connectivity index (χ0n) is 11.1. The summed E-state index contributed by atoms with van der Waals surface area (Å²) in [5, 5.41) is 0. The Morgan fingerprint density at radius 2 is 1.95 bits per heavy atom. The molecular formula is C13H18FNO3S. The first-order valence-electron chi connectivity index (χ1n) is 6.29. The average Bonchev–Trinajstić information content (AvgIpc) is 2.39. The summed E-state index contributed by atoms with van der Waals surface area (Å²) in [4.78, 5) is 0.0836. The fourth-order valence-electron chi connectivity index (χ4n) is 2.17. The molecule has 6 heteroatoms. The molecule has 1 aromatic rings. The smallest absolute Gasteiger partial charge is 0.243 e. The highest BCUT2D eigenvalue weighted by Gasteiger charge is 2.28. The lowest BCUT2D eigenvalue weighted by molar-refractivity contribution is 0.288. The van der Waals surface area contributed by atoms with Gasteiger partial charge in [0, 0.05) is 19.2 Å². The Labute approximate surface area is 113 Å². The molecular weight excluding hydrogens is 269 g/mol. The van der Waals surface area contributed by atoms with Gasteiger partial charge in [0.1, 0.15) is 0 Å². The van der Waals surface area contributed by atoms with Crippen molar-refractivity contribution in [3.63, 3.8) is 0 Å². The van der Waals surface area contributed by atoms with Gasteiger partial charge in [-0.2, -0.15) is 4.31 Å². The van der Waals surface area contributed by atoms with E-state index in [0.717, 1.165) is 18.9 Å². The zero-order valence-corrected chi connectivity index (χ0v) is 11.9. The van der Waals surface area contributed by atoms with Crippen molar-refractivity contribution in [2.75, 3.05) is 20.2 Å². The number of hydrogen-bond acceptors (Lipinski definition) is 3. The molecule has 0 saturated carbocycles. The predicted molar refractivity (Wildman–Crippen MR) is 70.1 cm³/mol. The van der Waals surface area contributed by atoms with Gasteiger partial charge in [-0.05, 0) is 30.9 Å². The van der Waals surface area contributed by atoms with Gasteiger partial charge < -0.3 is 4.74 Å². The lowest BCUT2D eigenvalue weighted by Gasteiger charge is -2.29. The average molecular weight is 287 g/mol. The number of ether oxygens (including phenoxy) is 1. The lowest BCUT2D eigenvalue weighted by atomic mass is 10.0. The van der Waals surface area contributed by atoms with Crippen LogP contribution in [0.2, 0.25) is 0 Å². The van der Waals surface area contributed by atoms with Crippen molar-refractivity contribution in [3.05, 3.63) is 24.0 Å². The summed E-state index contributed by atoms with van der Waals surface area (Å²) in [5.74, 6) is -0.0608. The van der Waals surface area contributed by atoms with Crippen molar-refractivity contribution >= 4 is 10.0 Å². The third-order valence-electron chi connectivity index (χ3n) is 3.50. The van der Waals surface area contributed by atoms with Crippen molar-refractivity contribution in [1.29, 1.82) is 0 Å². The van der Waals surface area contributed by atoms with Crippen LogP contribution in [0.25, 0.3) is 0 Å². The Balaban J connectivity index is 2.29. The molecule has 1 fully saturated rings. The molecule has 0 aliphatic carbocycles. The van der Waals surface area contributed by atoms with Crippen LogP contribution < -0.4 is 4.74 Å². The molecule has 0 aromatic heterocycles. The molecule has 1 aromatic carbocycles. The molecule has 0 spiro atoms. The maximum atomic E-state index is 13.3. The Morgan fingerprint density at radius 3 is 2.53 bits per heavy atom. The quantitative estimate of drug-likeness (QED) is 0.856. The molecule has 1 aliphatic heterocycles. The highest BCUT2D eigenvalue weighted by molar-refractivity contribution is 7.89. The van der Waals surface area contributed by atoms with Gasteiger partial charge in [-0.15, -0.1) is 0 Å². The second kappa shape index (κ2) is 5.46. The van der Waals surface area contributed by atoms with Gasteiger partial charge in [-0.1, -0.05) is 6.92 Å². The number of halogens is 1. The third-order valence-corrected chi connectivity index (χ3v) is 5.40. The van der Waals surface area contributed by atoms with Gasteiger partial charge in [-0.25, -0.2) is 12.8 Å². The van der Waals surface area contributed by atoms with E-state index in [0.29, 0.717) is 19.0 Å². The van der Waals surface area contributed by atoms with Crippen molar-refractivity contribution in [2.45, 2.75) is 24.7 Å². The molecule has 1 aliphatic rings. The highest BCUT2D eigenvalue weighted by atomic mass is 32.2. The fourth-order valence-corrected chi connectivity index (χ4v) is 3.66. The number of sulfonamides is 1. The zero-order chi connectivity index (χ0) is 14.0. The van der Waals surface area contributed by atoms with Gasteiger partial charge in [0.25, 0.3) is 0 Å². The van der Waals surface area contributed by atoms with Gasteiger partial charge in [0.15, 0.2) is 11.6 Å². The second-order valence-electron chi connectivity index (χ2n) is 4.88. The van der Waals surface area contributed by atoms with Crippen LogP contribution in [0.1, 0.15) is 19.8 Å². The Hall–Kier alpha value is -1.14. The summed E-state index contributed by atoms with van der Waals surface area (Å²) in [5.41, 5.74) is 0. The summed E-state index contributed by atoms with van der Waals surface area (Å²) in [6.45, 7) is 3.15. The van der Waals surface area contributed by atoms with E-state index in [1.165, 1.54) is 23.5 Å². The minimum atomic E-state index is -3.55. The van der Waals surface area contributed by atoms with E-state index in [1.807, 2.05) is 0 Å². The molecule has 106 valence electrons. The molecule has 0 radical (unpaired) electrons. The van der Waals surface area contributed by atoms with Crippen molar-refractivity contribution in [2.24, 2.45) is 5.92 Å². The first kappa shape index (κ1) is 14.3. The molecule has 1 saturated heterocycles. The Kier molecular flexibility index (Phi) is 4.10. The number of rotatable bonds is 3. The van der Waals surface area contributed by atoms with Crippen LogP contribution in [0.4, 0.5) is 4.39 Å². The third kappa shape index (κ3) is 2.90. The molecule has 0 N–H and O–H groups in total. The predicted octanol–water partition coefficient (Wildman–Crippen LogP) is 2.25. The maximum Gasteiger partial charge on any atom is 0.243 e. The largest absolute Gasteiger partial charge is 0.494 e. The topological polar surface area (TPSA) is 46.6 Å². The van der Waals surface area contributed by atoms with Gasteiger partial charge in [0.05, 0.1) is 12.0 Å². The molecule has 2 rings (SSSR count). The number of hydrogen-bond donors (Lipinski definition) is 0. The summed E-state index contributed by atoms with van der Waals surface area (Å²) < 4.78 is 44.4. The van der Waals surface area contributed by atoms with E-state index in [9.17, 15) is 12.8 Å². The van der Waals surface area contributed by atoms with Crippen LogP contribution in [-0.2, 0) is 10.0 Å². The van der Waals surface area contributed by atoms with Crippen LogP contribution >= 0.6 is 0 Å². The highest BCUT2D eigenvalue weighted by Crippen LogP contribution is 2.26. The molecule has 0 atom stereocenters. The van der Waals surface area contributed by atoms with Crippen molar-refractivity contribution in [1.82, 2.24) is 4.31 Å². The first-order valence-corrected chi connectivity index (χ1v) is 7.73. The van der Waals surface area contributed by atoms with E-state index >= 15 is 0 Å². The van der Waals surface area contributed by atoms with E-state index in [1.54, 1.807) is 0 Å². The van der Waals surface area contributed by atoms with Crippen molar-refractivity contribution < 1.29 is 17.5 Å². The summed E-state index contributed by atoms with van der Waals surface area (Å²) >= 11 is 0. The molecule has 19 heavy (non-hydrogen) atoms. The molecule has 0 bridgehead atoms. The molecule has 0 amide bonds. The van der Waals surface area contributed by atoms with Crippen molar-refractivity contribution in [3.8, 4) is 5.75 Å². The van der Waals surface area contributed by atoms with Crippen LogP contribution in [0.15, 0.2) is 23.1 Å². The summed E-state index contributed by atoms with van der Waals surface area (Å²) in [6, 6.07) is 3.65. The summed E-state index contributed by atoms with van der Waals surface area (Å²) in [7, 11) is -2.23. The van der Waals surface area contributed by atoms with E-state index in [2.05, 4.69) is 6.92 Å². The SMILES string of the molecule is COc1cc(S(=O)(=O)N2CCC(C)CC2)ccc1F. The van der Waals surface area contributed by atoms with E-state index in [4.69, 9.17) is 4.74 Å². The number of methoxy groups -OCH3 is 1. The standard InChI is InChI=1S/C13H18FNO3S/c1-10-5-7-15(8-6-10)19(16,17)11-3-4-12(14)13(9-11)18-2/h3-4,9-10H,5-8H2,1-2H3. The minimum Gasteiger partial charge on any atom is -0.494 e. The second-order valence-corrected chi connectivity index (χ2v) is 6.82. The molecule has 1 heterocycles. The van der Waals surface area contributed by atoms with Crippen LogP contribution in [0.3, 0.4) is 0 Å². The van der Waals surface area contributed by atoms with Gasteiger partial charge >= 0.3 is 0 Å². The molecule has 4 nitrogen and oxygen atoms in total.